The van der Waals surface area contributed by atoms with E-state index in [2.05, 4.69) is 52.7 Å². The van der Waals surface area contributed by atoms with Crippen molar-refractivity contribution in [1.82, 2.24) is 14.4 Å². The quantitative estimate of drug-likeness (QED) is 0.541. The molecule has 1 aromatic carbocycles. The molecule has 176 valence electrons. The van der Waals surface area contributed by atoms with Crippen LogP contribution in [0.3, 0.4) is 0 Å². The largest absolute Gasteiger partial charge is 0.477 e. The Balaban J connectivity index is 1.70. The summed E-state index contributed by atoms with van der Waals surface area (Å²) in [5.41, 5.74) is 5.53. The molecule has 7 heteroatoms. The fourth-order valence-corrected chi connectivity index (χ4v) is 6.62. The van der Waals surface area contributed by atoms with Gasteiger partial charge in [-0.05, 0) is 38.6 Å². The van der Waals surface area contributed by atoms with Crippen molar-refractivity contribution < 1.29 is 14.3 Å². The van der Waals surface area contributed by atoms with E-state index < -0.39 is 12.1 Å². The number of halogens is 1. The Morgan fingerprint density at radius 3 is 2.76 bits per heavy atom. The molecule has 1 N–H and O–H groups in total. The van der Waals surface area contributed by atoms with Crippen molar-refractivity contribution in [3.05, 3.63) is 46.3 Å². The number of carboxylic acid groups (broad SMARTS) is 1. The summed E-state index contributed by atoms with van der Waals surface area (Å²) in [5, 5.41) is 9.70. The van der Waals surface area contributed by atoms with Crippen molar-refractivity contribution in [3.63, 3.8) is 0 Å². The number of carbonyl (C=O) groups is 1. The molecule has 1 aliphatic carbocycles. The lowest BCUT2D eigenvalue weighted by molar-refractivity contribution is 0.0702. The standard InChI is InChI=1S/C26H32FN3O2S/c1-28(2)11-12-29-13-14-30-21-15-22(26(31)32)33-25(21)23(19-9-5-6-10-20(19)27)24(30)18-8-4-3-7-17(18)16-29/h3-4,7-8,15,19-20H,5-6,9-14,16H2,1-2H3,(H,31,32). The second-order valence-corrected chi connectivity index (χ2v) is 10.7. The zero-order chi connectivity index (χ0) is 23.1. The molecule has 1 saturated carbocycles. The maximum absolute atomic E-state index is 15.3. The lowest BCUT2D eigenvalue weighted by atomic mass is 9.81. The van der Waals surface area contributed by atoms with Gasteiger partial charge in [-0.1, -0.05) is 37.1 Å². The second kappa shape index (κ2) is 9.20. The molecular weight excluding hydrogens is 437 g/mol. The summed E-state index contributed by atoms with van der Waals surface area (Å²) in [6.07, 6.45) is 2.49. The van der Waals surface area contributed by atoms with E-state index in [1.807, 2.05) is 0 Å². The third-order valence-corrected chi connectivity index (χ3v) is 8.35. The van der Waals surface area contributed by atoms with E-state index in [9.17, 15) is 9.90 Å². The zero-order valence-corrected chi connectivity index (χ0v) is 20.2. The lowest BCUT2D eigenvalue weighted by Gasteiger charge is -2.31. The van der Waals surface area contributed by atoms with Crippen molar-refractivity contribution in [1.29, 1.82) is 0 Å². The summed E-state index contributed by atoms with van der Waals surface area (Å²) in [6, 6.07) is 10.3. The van der Waals surface area contributed by atoms with Gasteiger partial charge in [-0.15, -0.1) is 11.3 Å². The smallest absolute Gasteiger partial charge is 0.345 e. The molecule has 0 bridgehead atoms. The van der Waals surface area contributed by atoms with Gasteiger partial charge in [0.25, 0.3) is 0 Å². The van der Waals surface area contributed by atoms with Crippen molar-refractivity contribution in [3.8, 4) is 11.3 Å². The molecule has 0 saturated heterocycles. The third-order valence-electron chi connectivity index (χ3n) is 7.21. The van der Waals surface area contributed by atoms with Crippen molar-refractivity contribution in [2.75, 3.05) is 33.7 Å². The van der Waals surface area contributed by atoms with Crippen molar-refractivity contribution in [2.24, 2.45) is 0 Å². The van der Waals surface area contributed by atoms with Gasteiger partial charge in [-0.25, -0.2) is 9.18 Å². The Hall–Kier alpha value is -2.22. The molecule has 1 fully saturated rings. The van der Waals surface area contributed by atoms with Crippen molar-refractivity contribution >= 4 is 27.5 Å². The number of rotatable bonds is 5. The van der Waals surface area contributed by atoms with Crippen LogP contribution in [0, 0.1) is 0 Å². The Kier molecular flexibility index (Phi) is 6.29. The predicted molar refractivity (Wildman–Crippen MR) is 132 cm³/mol. The fraction of sp³-hybridized carbons (Fsp3) is 0.500. The van der Waals surface area contributed by atoms with E-state index in [-0.39, 0.29) is 5.92 Å². The van der Waals surface area contributed by atoms with Crippen LogP contribution in [0.25, 0.3) is 21.5 Å². The summed E-state index contributed by atoms with van der Waals surface area (Å²) in [6.45, 7) is 4.46. The zero-order valence-electron chi connectivity index (χ0n) is 19.4. The minimum Gasteiger partial charge on any atom is -0.477 e. The first kappa shape index (κ1) is 22.6. The average Bonchev–Trinajstić information content (AvgIpc) is 3.32. The number of alkyl halides is 1. The van der Waals surface area contributed by atoms with E-state index in [0.29, 0.717) is 11.3 Å². The Labute approximate surface area is 198 Å². The lowest BCUT2D eigenvalue weighted by Crippen LogP contribution is -2.35. The molecule has 0 amide bonds. The van der Waals surface area contributed by atoms with Gasteiger partial charge < -0.3 is 14.6 Å². The summed E-state index contributed by atoms with van der Waals surface area (Å²) >= 11 is 1.32. The van der Waals surface area contributed by atoms with Gasteiger partial charge in [0.05, 0.1) is 15.9 Å². The Morgan fingerprint density at radius 1 is 1.21 bits per heavy atom. The molecule has 2 atom stereocenters. The highest BCUT2D eigenvalue weighted by atomic mass is 32.1. The number of aromatic nitrogens is 1. The van der Waals surface area contributed by atoms with E-state index in [4.69, 9.17) is 0 Å². The third kappa shape index (κ3) is 4.22. The van der Waals surface area contributed by atoms with Crippen LogP contribution < -0.4 is 0 Å². The van der Waals surface area contributed by atoms with E-state index in [0.717, 1.165) is 73.5 Å². The predicted octanol–water partition coefficient (Wildman–Crippen LogP) is 5.44. The maximum Gasteiger partial charge on any atom is 0.345 e. The first-order valence-corrected chi connectivity index (χ1v) is 12.7. The number of aromatic carboxylic acids is 1. The molecule has 5 nitrogen and oxygen atoms in total. The van der Waals surface area contributed by atoms with Gasteiger partial charge >= 0.3 is 5.97 Å². The van der Waals surface area contributed by atoms with Crippen molar-refractivity contribution in [2.45, 2.75) is 50.9 Å². The number of likely N-dealkylation sites (N-methyl/N-ethyl adjacent to an activating group) is 1. The molecule has 0 spiro atoms. The number of benzene rings is 1. The van der Waals surface area contributed by atoms with Crippen LogP contribution in [0.4, 0.5) is 4.39 Å². The number of hydrogen-bond donors (Lipinski definition) is 1. The fourth-order valence-electron chi connectivity index (χ4n) is 5.51. The number of thiophene rings is 1. The van der Waals surface area contributed by atoms with E-state index in [1.54, 1.807) is 6.07 Å². The SMILES string of the molecule is CN(C)CCN1CCn2c(c(C3CCCCC3F)c3sc(C(=O)O)cc32)-c2ccccc2C1. The van der Waals surface area contributed by atoms with Gasteiger partial charge in [-0.3, -0.25) is 4.90 Å². The molecule has 2 aromatic heterocycles. The summed E-state index contributed by atoms with van der Waals surface area (Å²) in [4.78, 5) is 16.8. The summed E-state index contributed by atoms with van der Waals surface area (Å²) in [7, 11) is 4.18. The van der Waals surface area contributed by atoms with Crippen LogP contribution >= 0.6 is 11.3 Å². The maximum atomic E-state index is 15.3. The first-order chi connectivity index (χ1) is 15.9. The van der Waals surface area contributed by atoms with E-state index >= 15 is 4.39 Å². The minimum absolute atomic E-state index is 0.171. The average molecular weight is 470 g/mol. The van der Waals surface area contributed by atoms with Gasteiger partial charge in [0.15, 0.2) is 0 Å². The van der Waals surface area contributed by atoms with Gasteiger partial charge in [0.1, 0.15) is 11.0 Å². The monoisotopic (exact) mass is 469 g/mol. The van der Waals surface area contributed by atoms with E-state index in [1.165, 1.54) is 22.5 Å². The molecule has 2 unspecified atom stereocenters. The summed E-state index contributed by atoms with van der Waals surface area (Å²) < 4.78 is 18.6. The highest BCUT2D eigenvalue weighted by Crippen LogP contribution is 2.48. The molecule has 1 aliphatic heterocycles. The molecule has 2 aliphatic rings. The number of nitrogens with zero attached hydrogens (tertiary/aromatic N) is 3. The number of hydrogen-bond acceptors (Lipinski definition) is 4. The number of carboxylic acids is 1. The second-order valence-electron chi connectivity index (χ2n) is 9.69. The van der Waals surface area contributed by atoms with Crippen LogP contribution in [0.5, 0.6) is 0 Å². The molecule has 33 heavy (non-hydrogen) atoms. The minimum atomic E-state index is -0.907. The van der Waals surface area contributed by atoms with Crippen LogP contribution in [0.15, 0.2) is 30.3 Å². The molecular formula is C26H32FN3O2S. The first-order valence-electron chi connectivity index (χ1n) is 11.9. The highest BCUT2D eigenvalue weighted by molar-refractivity contribution is 7.21. The van der Waals surface area contributed by atoms with Gasteiger partial charge in [0.2, 0.25) is 0 Å². The van der Waals surface area contributed by atoms with Crippen LogP contribution in [0.2, 0.25) is 0 Å². The molecule has 3 heterocycles. The molecule has 3 aromatic rings. The highest BCUT2D eigenvalue weighted by Gasteiger charge is 2.35. The topological polar surface area (TPSA) is 48.7 Å². The normalized spacial score (nSPS) is 21.6. The summed E-state index contributed by atoms with van der Waals surface area (Å²) in [5.74, 6) is -1.08. The molecule has 0 radical (unpaired) electrons. The Morgan fingerprint density at radius 2 is 2.00 bits per heavy atom. The number of fused-ring (bicyclic) bond motifs is 5. The van der Waals surface area contributed by atoms with Crippen LogP contribution in [-0.4, -0.2) is 65.3 Å². The molecule has 5 rings (SSSR count). The van der Waals surface area contributed by atoms with Gasteiger partial charge in [0, 0.05) is 49.8 Å². The van der Waals surface area contributed by atoms with Crippen LogP contribution in [-0.2, 0) is 13.1 Å². The van der Waals surface area contributed by atoms with Gasteiger partial charge in [-0.2, -0.15) is 0 Å². The van der Waals surface area contributed by atoms with Crippen LogP contribution in [0.1, 0.15) is 52.4 Å². The Bertz CT molecular complexity index is 1170.